The molecule has 3 nitrogen and oxygen atoms in total. The second-order valence-electron chi connectivity index (χ2n) is 4.06. The van der Waals surface area contributed by atoms with Crippen LogP contribution in [0.3, 0.4) is 0 Å². The lowest BCUT2D eigenvalue weighted by atomic mass is 10.1. The van der Waals surface area contributed by atoms with Crippen molar-refractivity contribution in [3.8, 4) is 0 Å². The second kappa shape index (κ2) is 4.40. The van der Waals surface area contributed by atoms with E-state index in [-0.39, 0.29) is 6.61 Å². The first kappa shape index (κ1) is 9.44. The first-order chi connectivity index (χ1) is 6.42. The molecule has 0 aromatic heterocycles. The molecule has 0 aromatic rings. The fourth-order valence-electron chi connectivity index (χ4n) is 2.17. The van der Waals surface area contributed by atoms with Crippen molar-refractivity contribution in [2.45, 2.75) is 37.8 Å². The Bertz CT molecular complexity index is 153. The van der Waals surface area contributed by atoms with Crippen LogP contribution in [0.5, 0.6) is 0 Å². The van der Waals surface area contributed by atoms with Crippen molar-refractivity contribution < 1.29 is 9.84 Å². The zero-order chi connectivity index (χ0) is 9.10. The van der Waals surface area contributed by atoms with Crippen LogP contribution in [-0.4, -0.2) is 48.5 Å². The molecular weight excluding hydrogens is 166 g/mol. The van der Waals surface area contributed by atoms with Crippen LogP contribution in [0.2, 0.25) is 0 Å². The van der Waals surface area contributed by atoms with Gasteiger partial charge in [0.05, 0.1) is 13.2 Å². The van der Waals surface area contributed by atoms with E-state index in [1.54, 1.807) is 0 Å². The molecule has 2 fully saturated rings. The number of hydrogen-bond donors (Lipinski definition) is 1. The quantitative estimate of drug-likeness (QED) is 0.697. The number of aliphatic hydroxyl groups excluding tert-OH is 1. The van der Waals surface area contributed by atoms with Crippen molar-refractivity contribution in [3.05, 3.63) is 0 Å². The number of nitrogens with zero attached hydrogens (tertiary/aromatic N) is 1. The predicted octanol–water partition coefficient (Wildman–Crippen LogP) is 0.622. The van der Waals surface area contributed by atoms with Crippen LogP contribution in [0.4, 0.5) is 0 Å². The Morgan fingerprint density at radius 2 is 2.08 bits per heavy atom. The van der Waals surface area contributed by atoms with Gasteiger partial charge in [-0.3, -0.25) is 4.90 Å². The molecule has 0 spiro atoms. The highest BCUT2D eigenvalue weighted by Crippen LogP contribution is 2.30. The van der Waals surface area contributed by atoms with E-state index in [4.69, 9.17) is 9.84 Å². The number of ether oxygens (including phenoxy) is 1. The average molecular weight is 185 g/mol. The average Bonchev–Trinajstić information content (AvgIpc) is 2.99. The summed E-state index contributed by atoms with van der Waals surface area (Å²) in [6.07, 6.45) is 5.06. The van der Waals surface area contributed by atoms with Gasteiger partial charge in [0, 0.05) is 25.2 Å². The summed E-state index contributed by atoms with van der Waals surface area (Å²) in [7, 11) is 0. The van der Waals surface area contributed by atoms with Crippen LogP contribution in [-0.2, 0) is 4.74 Å². The van der Waals surface area contributed by atoms with Crippen LogP contribution in [0.15, 0.2) is 0 Å². The monoisotopic (exact) mass is 185 g/mol. The largest absolute Gasteiger partial charge is 0.395 e. The zero-order valence-corrected chi connectivity index (χ0v) is 8.11. The molecule has 3 heteroatoms. The summed E-state index contributed by atoms with van der Waals surface area (Å²) in [5.41, 5.74) is 0. The Labute approximate surface area is 79.7 Å². The lowest BCUT2D eigenvalue weighted by molar-refractivity contribution is 0.00858. The van der Waals surface area contributed by atoms with Gasteiger partial charge < -0.3 is 9.84 Å². The maximum atomic E-state index is 8.96. The van der Waals surface area contributed by atoms with E-state index in [0.29, 0.717) is 6.04 Å². The first-order valence-electron chi connectivity index (χ1n) is 5.36. The summed E-state index contributed by atoms with van der Waals surface area (Å²) < 4.78 is 5.46. The van der Waals surface area contributed by atoms with Gasteiger partial charge in [-0.1, -0.05) is 0 Å². The van der Waals surface area contributed by atoms with Gasteiger partial charge in [0.1, 0.15) is 0 Å². The van der Waals surface area contributed by atoms with Crippen LogP contribution < -0.4 is 0 Å². The fourth-order valence-corrected chi connectivity index (χ4v) is 2.17. The molecule has 1 saturated carbocycles. The molecule has 0 radical (unpaired) electrons. The first-order valence-corrected chi connectivity index (χ1v) is 5.36. The molecular formula is C10H19NO2. The van der Waals surface area contributed by atoms with E-state index in [1.165, 1.54) is 25.7 Å². The normalized spacial score (nSPS) is 29.5. The molecule has 0 amide bonds. The van der Waals surface area contributed by atoms with Gasteiger partial charge in [-0.05, 0) is 25.7 Å². The van der Waals surface area contributed by atoms with Gasteiger partial charge in [-0.25, -0.2) is 0 Å². The smallest absolute Gasteiger partial charge is 0.0621 e. The van der Waals surface area contributed by atoms with Gasteiger partial charge in [-0.15, -0.1) is 0 Å². The highest BCUT2D eigenvalue weighted by Gasteiger charge is 2.34. The van der Waals surface area contributed by atoms with Gasteiger partial charge in [0.15, 0.2) is 0 Å². The van der Waals surface area contributed by atoms with Crippen molar-refractivity contribution in [3.63, 3.8) is 0 Å². The Balaban J connectivity index is 1.84. The van der Waals surface area contributed by atoms with Crippen molar-refractivity contribution in [1.29, 1.82) is 0 Å². The summed E-state index contributed by atoms with van der Waals surface area (Å²) in [5.74, 6) is 0. The molecule has 1 N–H and O–H groups in total. The van der Waals surface area contributed by atoms with Crippen LogP contribution in [0, 0.1) is 0 Å². The molecule has 1 aliphatic carbocycles. The Kier molecular flexibility index (Phi) is 3.19. The van der Waals surface area contributed by atoms with E-state index < -0.39 is 0 Å². The zero-order valence-electron chi connectivity index (χ0n) is 8.11. The third-order valence-corrected chi connectivity index (χ3v) is 2.98. The third kappa shape index (κ3) is 2.42. The van der Waals surface area contributed by atoms with Crippen LogP contribution in [0.25, 0.3) is 0 Å². The molecule has 2 rings (SSSR count). The maximum absolute atomic E-state index is 8.96. The van der Waals surface area contributed by atoms with E-state index in [2.05, 4.69) is 4.90 Å². The van der Waals surface area contributed by atoms with E-state index in [1.807, 2.05) is 0 Å². The molecule has 1 heterocycles. The fraction of sp³-hybridized carbons (Fsp3) is 1.00. The Morgan fingerprint density at radius 1 is 1.23 bits per heavy atom. The molecule has 1 atom stereocenters. The summed E-state index contributed by atoms with van der Waals surface area (Å²) in [4.78, 5) is 2.44. The van der Waals surface area contributed by atoms with Gasteiger partial charge in [0.2, 0.25) is 0 Å². The van der Waals surface area contributed by atoms with E-state index in [0.717, 1.165) is 25.8 Å². The molecule has 0 aromatic carbocycles. The van der Waals surface area contributed by atoms with Crippen molar-refractivity contribution >= 4 is 0 Å². The molecule has 1 unspecified atom stereocenters. The van der Waals surface area contributed by atoms with Gasteiger partial charge in [-0.2, -0.15) is 0 Å². The number of hydrogen-bond acceptors (Lipinski definition) is 3. The number of rotatable bonds is 4. The van der Waals surface area contributed by atoms with Gasteiger partial charge >= 0.3 is 0 Å². The molecule has 1 aliphatic heterocycles. The van der Waals surface area contributed by atoms with Crippen LogP contribution in [0.1, 0.15) is 25.7 Å². The maximum Gasteiger partial charge on any atom is 0.0621 e. The predicted molar refractivity (Wildman–Crippen MR) is 50.7 cm³/mol. The van der Waals surface area contributed by atoms with Crippen molar-refractivity contribution in [2.75, 3.05) is 26.4 Å². The molecule has 76 valence electrons. The van der Waals surface area contributed by atoms with Crippen molar-refractivity contribution in [1.82, 2.24) is 4.90 Å². The standard InChI is InChI=1S/C10H19NO2/c12-6-5-11(9-3-4-9)10-2-1-7-13-8-10/h9-10,12H,1-8H2. The van der Waals surface area contributed by atoms with E-state index in [9.17, 15) is 0 Å². The molecule has 13 heavy (non-hydrogen) atoms. The Hall–Kier alpha value is -0.120. The SMILES string of the molecule is OCCN(C1CC1)C1CCCOC1. The Morgan fingerprint density at radius 3 is 2.62 bits per heavy atom. The highest BCUT2D eigenvalue weighted by atomic mass is 16.5. The lowest BCUT2D eigenvalue weighted by Crippen LogP contribution is -2.43. The molecule has 2 aliphatic rings. The summed E-state index contributed by atoms with van der Waals surface area (Å²) in [5, 5.41) is 8.96. The highest BCUT2D eigenvalue weighted by molar-refractivity contribution is 4.89. The minimum atomic E-state index is 0.285. The summed E-state index contributed by atoms with van der Waals surface area (Å²) >= 11 is 0. The summed E-state index contributed by atoms with van der Waals surface area (Å²) in [6.45, 7) is 2.91. The third-order valence-electron chi connectivity index (χ3n) is 2.98. The second-order valence-corrected chi connectivity index (χ2v) is 4.06. The topological polar surface area (TPSA) is 32.7 Å². The van der Waals surface area contributed by atoms with Crippen LogP contribution >= 0.6 is 0 Å². The minimum Gasteiger partial charge on any atom is -0.395 e. The lowest BCUT2D eigenvalue weighted by Gasteiger charge is -2.33. The summed E-state index contributed by atoms with van der Waals surface area (Å²) in [6, 6.07) is 1.33. The minimum absolute atomic E-state index is 0.285. The van der Waals surface area contributed by atoms with E-state index >= 15 is 0 Å². The van der Waals surface area contributed by atoms with Crippen molar-refractivity contribution in [2.24, 2.45) is 0 Å². The molecule has 0 bridgehead atoms. The van der Waals surface area contributed by atoms with Gasteiger partial charge in [0.25, 0.3) is 0 Å². The number of aliphatic hydroxyl groups is 1. The molecule has 1 saturated heterocycles.